The Morgan fingerprint density at radius 2 is 2.00 bits per heavy atom. The number of anilines is 2. The number of nitrogen functional groups attached to an aromatic ring is 1. The molecule has 0 saturated heterocycles. The Balaban J connectivity index is 2.32. The smallest absolute Gasteiger partial charge is 0.258 e. The maximum atomic E-state index is 13.5. The van der Waals surface area contributed by atoms with Gasteiger partial charge in [0.2, 0.25) is 0 Å². The second kappa shape index (κ2) is 5.72. The lowest BCUT2D eigenvalue weighted by Gasteiger charge is -2.09. The molecule has 3 N–H and O–H groups in total. The van der Waals surface area contributed by atoms with E-state index in [-0.39, 0.29) is 26.6 Å². The number of hydrogen-bond acceptors (Lipinski definition) is 3. The van der Waals surface area contributed by atoms with Crippen LogP contribution in [0.4, 0.5) is 20.2 Å². The molecule has 0 aliphatic carbocycles. The predicted molar refractivity (Wildman–Crippen MR) is 75.7 cm³/mol. The van der Waals surface area contributed by atoms with E-state index in [1.54, 1.807) is 0 Å². The minimum atomic E-state index is -0.905. The highest BCUT2D eigenvalue weighted by molar-refractivity contribution is 9.10. The van der Waals surface area contributed by atoms with Gasteiger partial charge >= 0.3 is 0 Å². The van der Waals surface area contributed by atoms with Crippen molar-refractivity contribution in [1.29, 1.82) is 0 Å². The molecule has 0 atom stereocenters. The average molecular weight is 363 g/mol. The lowest BCUT2D eigenvalue weighted by atomic mass is 10.2. The molecule has 4 nitrogen and oxygen atoms in total. The van der Waals surface area contributed by atoms with Crippen LogP contribution in [0.2, 0.25) is 5.15 Å². The minimum absolute atomic E-state index is 0.0231. The zero-order valence-electron chi connectivity index (χ0n) is 9.75. The van der Waals surface area contributed by atoms with Crippen molar-refractivity contribution in [1.82, 2.24) is 4.98 Å². The Morgan fingerprint density at radius 3 is 2.70 bits per heavy atom. The van der Waals surface area contributed by atoms with Crippen LogP contribution in [-0.2, 0) is 0 Å². The first-order valence-corrected chi connectivity index (χ1v) is 6.42. The van der Waals surface area contributed by atoms with Crippen LogP contribution in [0.15, 0.2) is 28.9 Å². The van der Waals surface area contributed by atoms with E-state index >= 15 is 0 Å². The zero-order valence-corrected chi connectivity index (χ0v) is 12.1. The molecule has 1 heterocycles. The van der Waals surface area contributed by atoms with E-state index in [0.29, 0.717) is 6.07 Å². The highest BCUT2D eigenvalue weighted by Gasteiger charge is 2.15. The molecule has 8 heteroatoms. The monoisotopic (exact) mass is 361 g/mol. The zero-order chi connectivity index (χ0) is 14.9. The normalized spacial score (nSPS) is 10.4. The molecular weight excluding hydrogens is 356 g/mol. The number of amides is 1. The summed E-state index contributed by atoms with van der Waals surface area (Å²) >= 11 is 8.57. The van der Waals surface area contributed by atoms with Gasteiger partial charge in [0, 0.05) is 6.07 Å². The molecule has 1 amide bonds. The van der Waals surface area contributed by atoms with Crippen LogP contribution in [-0.4, -0.2) is 10.9 Å². The van der Waals surface area contributed by atoms with Crippen molar-refractivity contribution >= 4 is 44.8 Å². The summed E-state index contributed by atoms with van der Waals surface area (Å²) in [6.07, 6.45) is 1.22. The molecule has 20 heavy (non-hydrogen) atoms. The molecule has 0 bridgehead atoms. The molecule has 0 radical (unpaired) electrons. The first kappa shape index (κ1) is 14.7. The van der Waals surface area contributed by atoms with E-state index in [1.807, 2.05) is 0 Å². The number of nitrogens with one attached hydrogen (secondary N) is 1. The van der Waals surface area contributed by atoms with E-state index in [2.05, 4.69) is 26.2 Å². The molecule has 2 aromatic rings. The van der Waals surface area contributed by atoms with Crippen LogP contribution >= 0.6 is 27.5 Å². The van der Waals surface area contributed by atoms with Crippen LogP contribution < -0.4 is 11.1 Å². The van der Waals surface area contributed by atoms with Gasteiger partial charge in [0.25, 0.3) is 5.91 Å². The molecule has 0 unspecified atom stereocenters. The van der Waals surface area contributed by atoms with Gasteiger partial charge in [-0.1, -0.05) is 11.6 Å². The number of nitrogens with two attached hydrogens (primary N) is 1. The van der Waals surface area contributed by atoms with E-state index in [9.17, 15) is 13.6 Å². The number of aromatic nitrogens is 1. The second-order valence-corrected chi connectivity index (χ2v) is 5.04. The summed E-state index contributed by atoms with van der Waals surface area (Å²) in [5, 5.41) is 2.36. The Kier molecular flexibility index (Phi) is 4.20. The van der Waals surface area contributed by atoms with Crippen molar-refractivity contribution in [3.63, 3.8) is 0 Å². The highest BCUT2D eigenvalue weighted by atomic mass is 79.9. The summed E-state index contributed by atoms with van der Waals surface area (Å²) in [4.78, 5) is 15.7. The first-order valence-electron chi connectivity index (χ1n) is 5.25. The van der Waals surface area contributed by atoms with Crippen LogP contribution in [0.25, 0.3) is 0 Å². The van der Waals surface area contributed by atoms with Crippen molar-refractivity contribution in [2.75, 3.05) is 11.1 Å². The van der Waals surface area contributed by atoms with Crippen molar-refractivity contribution in [3.8, 4) is 0 Å². The number of carbonyl (C=O) groups is 1. The lowest BCUT2D eigenvalue weighted by Crippen LogP contribution is -2.15. The first-order chi connectivity index (χ1) is 9.38. The molecule has 1 aromatic carbocycles. The van der Waals surface area contributed by atoms with Crippen molar-refractivity contribution in [2.24, 2.45) is 0 Å². The van der Waals surface area contributed by atoms with E-state index < -0.39 is 17.5 Å². The van der Waals surface area contributed by atoms with Gasteiger partial charge in [-0.25, -0.2) is 13.8 Å². The molecule has 1 aromatic heterocycles. The maximum Gasteiger partial charge on any atom is 0.258 e. The third kappa shape index (κ3) is 3.05. The van der Waals surface area contributed by atoms with Gasteiger partial charge in [0.15, 0.2) is 0 Å². The number of benzene rings is 1. The molecule has 0 aliphatic heterocycles. The molecule has 104 valence electrons. The lowest BCUT2D eigenvalue weighted by molar-refractivity contribution is 0.102. The van der Waals surface area contributed by atoms with E-state index in [0.717, 1.165) is 6.07 Å². The SMILES string of the molecule is Nc1cnc(Cl)cc1C(=O)Nc1cc(Br)c(F)cc1F. The van der Waals surface area contributed by atoms with Crippen LogP contribution in [0, 0.1) is 11.6 Å². The summed E-state index contributed by atoms with van der Waals surface area (Å²) in [6.45, 7) is 0. The second-order valence-electron chi connectivity index (χ2n) is 3.79. The predicted octanol–water partition coefficient (Wildman–Crippen LogP) is 3.61. The van der Waals surface area contributed by atoms with Gasteiger partial charge in [-0.3, -0.25) is 4.79 Å². The minimum Gasteiger partial charge on any atom is -0.397 e. The standard InChI is InChI=1S/C12H7BrClF2N3O/c13-6-2-10(8(16)3-7(6)15)19-12(20)5-1-11(14)18-4-9(5)17/h1-4H,17H2,(H,19,20). The Morgan fingerprint density at radius 1 is 1.30 bits per heavy atom. The largest absolute Gasteiger partial charge is 0.397 e. The summed E-state index contributed by atoms with van der Waals surface area (Å²) in [7, 11) is 0. The summed E-state index contributed by atoms with van der Waals surface area (Å²) in [6, 6.07) is 3.02. The topological polar surface area (TPSA) is 68.0 Å². The van der Waals surface area contributed by atoms with Gasteiger partial charge < -0.3 is 11.1 Å². The fourth-order valence-corrected chi connectivity index (χ4v) is 1.95. The number of carbonyl (C=O) groups excluding carboxylic acids is 1. The fraction of sp³-hybridized carbons (Fsp3) is 0. The summed E-state index contributed by atoms with van der Waals surface area (Å²) in [5.74, 6) is -2.35. The highest BCUT2D eigenvalue weighted by Crippen LogP contribution is 2.25. The number of rotatable bonds is 2. The van der Waals surface area contributed by atoms with Crippen molar-refractivity contribution in [3.05, 3.63) is 51.2 Å². The fourth-order valence-electron chi connectivity index (χ4n) is 1.45. The van der Waals surface area contributed by atoms with Gasteiger partial charge in [0.05, 0.1) is 27.6 Å². The summed E-state index contributed by atoms with van der Waals surface area (Å²) in [5.41, 5.74) is 5.54. The van der Waals surface area contributed by atoms with Gasteiger partial charge in [-0.2, -0.15) is 0 Å². The molecule has 0 fully saturated rings. The Bertz CT molecular complexity index is 697. The number of hydrogen-bond donors (Lipinski definition) is 2. The molecule has 0 saturated carbocycles. The molecule has 0 spiro atoms. The van der Waals surface area contributed by atoms with Crippen LogP contribution in [0.1, 0.15) is 10.4 Å². The third-order valence-corrected chi connectivity index (χ3v) is 3.22. The van der Waals surface area contributed by atoms with Crippen molar-refractivity contribution < 1.29 is 13.6 Å². The van der Waals surface area contributed by atoms with Gasteiger partial charge in [-0.15, -0.1) is 0 Å². The van der Waals surface area contributed by atoms with Crippen LogP contribution in [0.5, 0.6) is 0 Å². The number of nitrogens with zero attached hydrogens (tertiary/aromatic N) is 1. The Hall–Kier alpha value is -1.73. The van der Waals surface area contributed by atoms with E-state index in [4.69, 9.17) is 17.3 Å². The third-order valence-electron chi connectivity index (χ3n) is 2.40. The molecule has 0 aliphatic rings. The molecular formula is C12H7BrClF2N3O. The maximum absolute atomic E-state index is 13.5. The Labute approximate surface area is 126 Å². The van der Waals surface area contributed by atoms with E-state index in [1.165, 1.54) is 12.3 Å². The van der Waals surface area contributed by atoms with Gasteiger partial charge in [-0.05, 0) is 28.1 Å². The molecule has 2 rings (SSSR count). The number of halogens is 4. The average Bonchev–Trinajstić information content (AvgIpc) is 2.38. The van der Waals surface area contributed by atoms with Crippen molar-refractivity contribution in [2.45, 2.75) is 0 Å². The number of pyridine rings is 1. The van der Waals surface area contributed by atoms with Crippen LogP contribution in [0.3, 0.4) is 0 Å². The quantitative estimate of drug-likeness (QED) is 0.633. The van der Waals surface area contributed by atoms with Gasteiger partial charge in [0.1, 0.15) is 16.8 Å². The summed E-state index contributed by atoms with van der Waals surface area (Å²) < 4.78 is 26.7.